The maximum atomic E-state index is 12.1. The van der Waals surface area contributed by atoms with Gasteiger partial charge in [0.1, 0.15) is 0 Å². The van der Waals surface area contributed by atoms with Gasteiger partial charge < -0.3 is 10.6 Å². The summed E-state index contributed by atoms with van der Waals surface area (Å²) >= 11 is 0. The number of rotatable bonds is 5. The minimum atomic E-state index is -0.164. The molecule has 0 radical (unpaired) electrons. The lowest BCUT2D eigenvalue weighted by atomic mass is 10.0. The van der Waals surface area contributed by atoms with Gasteiger partial charge in [0.2, 0.25) is 5.91 Å². The average Bonchev–Trinajstić information content (AvgIpc) is 2.61. The monoisotopic (exact) mass is 336 g/mol. The van der Waals surface area contributed by atoms with Crippen LogP contribution in [0.4, 0.5) is 0 Å². The molecule has 0 fully saturated rings. The van der Waals surface area contributed by atoms with Crippen LogP contribution in [0.1, 0.15) is 38.2 Å². The molecule has 0 aliphatic rings. The molecule has 2 amide bonds. The van der Waals surface area contributed by atoms with Gasteiger partial charge in [0.05, 0.1) is 0 Å². The molecular weight excluding hydrogens is 312 g/mol. The van der Waals surface area contributed by atoms with E-state index in [1.807, 2.05) is 19.1 Å². The summed E-state index contributed by atoms with van der Waals surface area (Å²) in [6.45, 7) is 6.55. The Labute approximate surface area is 149 Å². The van der Waals surface area contributed by atoms with Crippen molar-refractivity contribution >= 4 is 17.9 Å². The van der Waals surface area contributed by atoms with Gasteiger partial charge in [-0.05, 0) is 66.8 Å². The molecular formula is C21H24N2O2. The van der Waals surface area contributed by atoms with E-state index >= 15 is 0 Å². The number of benzene rings is 2. The van der Waals surface area contributed by atoms with Gasteiger partial charge in [-0.3, -0.25) is 9.59 Å². The highest BCUT2D eigenvalue weighted by molar-refractivity contribution is 5.94. The summed E-state index contributed by atoms with van der Waals surface area (Å²) in [6.07, 6.45) is 3.37. The van der Waals surface area contributed by atoms with Crippen LogP contribution in [0.3, 0.4) is 0 Å². The maximum absolute atomic E-state index is 12.1. The summed E-state index contributed by atoms with van der Waals surface area (Å²) in [5.74, 6) is -0.304. The maximum Gasteiger partial charge on any atom is 0.251 e. The minimum absolute atomic E-state index is 0.140. The second-order valence-corrected chi connectivity index (χ2v) is 6.12. The lowest BCUT2D eigenvalue weighted by Gasteiger charge is -2.07. The number of aryl methyl sites for hydroxylation is 3. The molecule has 0 atom stereocenters. The summed E-state index contributed by atoms with van der Waals surface area (Å²) in [6, 6.07) is 11.4. The molecule has 0 saturated heterocycles. The van der Waals surface area contributed by atoms with Crippen LogP contribution in [-0.2, 0) is 11.3 Å². The fraction of sp³-hybridized carbons (Fsp3) is 0.238. The van der Waals surface area contributed by atoms with Gasteiger partial charge >= 0.3 is 0 Å². The average molecular weight is 336 g/mol. The van der Waals surface area contributed by atoms with E-state index in [9.17, 15) is 9.59 Å². The minimum Gasteiger partial charge on any atom is -0.355 e. The Hall–Kier alpha value is -2.88. The van der Waals surface area contributed by atoms with Crippen LogP contribution in [0.5, 0.6) is 0 Å². The van der Waals surface area contributed by atoms with Gasteiger partial charge in [-0.2, -0.15) is 0 Å². The second-order valence-electron chi connectivity index (χ2n) is 6.12. The van der Waals surface area contributed by atoms with Crippen molar-refractivity contribution in [2.24, 2.45) is 0 Å². The third-order valence-electron chi connectivity index (χ3n) is 4.18. The van der Waals surface area contributed by atoms with E-state index in [0.29, 0.717) is 12.1 Å². The molecule has 0 unspecified atom stereocenters. The molecule has 130 valence electrons. The molecule has 4 nitrogen and oxygen atoms in total. The number of nitrogens with one attached hydrogen (secondary N) is 2. The Morgan fingerprint density at radius 1 is 1.00 bits per heavy atom. The Morgan fingerprint density at radius 2 is 1.72 bits per heavy atom. The van der Waals surface area contributed by atoms with Crippen molar-refractivity contribution in [3.8, 4) is 0 Å². The molecule has 2 aromatic carbocycles. The normalized spacial score (nSPS) is 10.7. The SMILES string of the molecule is CNC(=O)c1cccc(CNC(=O)/C=C/c2cc(C)c(C)cc2C)c1. The Balaban J connectivity index is 1.99. The van der Waals surface area contributed by atoms with Crippen LogP contribution in [0.25, 0.3) is 6.08 Å². The number of amides is 2. The van der Waals surface area contributed by atoms with Gasteiger partial charge in [-0.15, -0.1) is 0 Å². The van der Waals surface area contributed by atoms with Crippen molar-refractivity contribution in [3.63, 3.8) is 0 Å². The summed E-state index contributed by atoms with van der Waals surface area (Å²) in [5.41, 5.74) is 6.10. The van der Waals surface area contributed by atoms with Crippen LogP contribution in [-0.4, -0.2) is 18.9 Å². The second kappa shape index (κ2) is 8.29. The largest absolute Gasteiger partial charge is 0.355 e. The fourth-order valence-corrected chi connectivity index (χ4v) is 2.54. The molecule has 2 aromatic rings. The van der Waals surface area contributed by atoms with Crippen molar-refractivity contribution in [2.75, 3.05) is 7.05 Å². The summed E-state index contributed by atoms with van der Waals surface area (Å²) < 4.78 is 0. The van der Waals surface area contributed by atoms with E-state index in [-0.39, 0.29) is 11.8 Å². The molecule has 0 saturated carbocycles. The van der Waals surface area contributed by atoms with Crippen molar-refractivity contribution in [1.82, 2.24) is 10.6 Å². The standard InChI is InChI=1S/C21H24N2O2/c1-14-10-16(3)18(11-15(14)2)8-9-20(24)23-13-17-6-5-7-19(12-17)21(25)22-4/h5-12H,13H2,1-4H3,(H,22,25)(H,23,24)/b9-8+. The summed E-state index contributed by atoms with van der Waals surface area (Å²) in [4.78, 5) is 23.7. The lowest BCUT2D eigenvalue weighted by Crippen LogP contribution is -2.21. The van der Waals surface area contributed by atoms with E-state index < -0.39 is 0 Å². The van der Waals surface area contributed by atoms with Crippen LogP contribution in [0.2, 0.25) is 0 Å². The highest BCUT2D eigenvalue weighted by atomic mass is 16.2. The van der Waals surface area contributed by atoms with E-state index in [1.165, 1.54) is 11.1 Å². The fourth-order valence-electron chi connectivity index (χ4n) is 2.54. The first-order valence-electron chi connectivity index (χ1n) is 8.25. The van der Waals surface area contributed by atoms with E-state index in [0.717, 1.165) is 16.7 Å². The summed E-state index contributed by atoms with van der Waals surface area (Å²) in [5, 5.41) is 5.43. The van der Waals surface area contributed by atoms with Crippen LogP contribution in [0, 0.1) is 20.8 Å². The van der Waals surface area contributed by atoms with Crippen molar-refractivity contribution in [3.05, 3.63) is 75.9 Å². The van der Waals surface area contributed by atoms with Gasteiger partial charge in [0.25, 0.3) is 5.91 Å². The molecule has 0 spiro atoms. The number of carbonyl (C=O) groups excluding carboxylic acids is 2. The van der Waals surface area contributed by atoms with E-state index in [1.54, 1.807) is 31.3 Å². The zero-order valence-corrected chi connectivity index (χ0v) is 15.1. The predicted octanol–water partition coefficient (Wildman–Crippen LogP) is 3.30. The highest BCUT2D eigenvalue weighted by Gasteiger charge is 2.04. The zero-order chi connectivity index (χ0) is 18.4. The van der Waals surface area contributed by atoms with Gasteiger partial charge in [-0.1, -0.05) is 24.3 Å². The van der Waals surface area contributed by atoms with Crippen molar-refractivity contribution in [1.29, 1.82) is 0 Å². The Morgan fingerprint density at radius 3 is 2.44 bits per heavy atom. The predicted molar refractivity (Wildman–Crippen MR) is 101 cm³/mol. The van der Waals surface area contributed by atoms with Crippen molar-refractivity contribution < 1.29 is 9.59 Å². The molecule has 2 N–H and O–H groups in total. The van der Waals surface area contributed by atoms with E-state index in [4.69, 9.17) is 0 Å². The van der Waals surface area contributed by atoms with Crippen molar-refractivity contribution in [2.45, 2.75) is 27.3 Å². The topological polar surface area (TPSA) is 58.2 Å². The third-order valence-corrected chi connectivity index (χ3v) is 4.18. The highest BCUT2D eigenvalue weighted by Crippen LogP contribution is 2.16. The number of hydrogen-bond donors (Lipinski definition) is 2. The number of carbonyl (C=O) groups is 2. The quantitative estimate of drug-likeness (QED) is 0.823. The Bertz CT molecular complexity index is 823. The van der Waals surface area contributed by atoms with Gasteiger partial charge in [0.15, 0.2) is 0 Å². The third kappa shape index (κ3) is 5.05. The first-order chi connectivity index (χ1) is 11.9. The van der Waals surface area contributed by atoms with Crippen LogP contribution < -0.4 is 10.6 Å². The molecule has 0 aliphatic carbocycles. The van der Waals surface area contributed by atoms with Crippen LogP contribution >= 0.6 is 0 Å². The molecule has 0 aromatic heterocycles. The van der Waals surface area contributed by atoms with Gasteiger partial charge in [-0.25, -0.2) is 0 Å². The summed E-state index contributed by atoms with van der Waals surface area (Å²) in [7, 11) is 1.59. The molecule has 2 rings (SSSR count). The molecule has 0 bridgehead atoms. The molecule has 25 heavy (non-hydrogen) atoms. The smallest absolute Gasteiger partial charge is 0.251 e. The zero-order valence-electron chi connectivity index (χ0n) is 15.1. The first kappa shape index (κ1) is 18.5. The first-order valence-corrected chi connectivity index (χ1v) is 8.25. The molecule has 0 heterocycles. The van der Waals surface area contributed by atoms with Crippen LogP contribution in [0.15, 0.2) is 42.5 Å². The van der Waals surface area contributed by atoms with Gasteiger partial charge in [0, 0.05) is 25.2 Å². The number of hydrogen-bond acceptors (Lipinski definition) is 2. The Kier molecular flexibility index (Phi) is 6.12. The van der Waals surface area contributed by atoms with E-state index in [2.05, 4.69) is 36.6 Å². The lowest BCUT2D eigenvalue weighted by molar-refractivity contribution is -0.116. The molecule has 0 aliphatic heterocycles. The molecule has 4 heteroatoms.